The number of amides is 1. The average Bonchev–Trinajstić information content (AvgIpc) is 2.43. The summed E-state index contributed by atoms with van der Waals surface area (Å²) in [6.07, 6.45) is 1.78. The van der Waals surface area contributed by atoms with E-state index in [2.05, 4.69) is 21.2 Å². The van der Waals surface area contributed by atoms with Gasteiger partial charge in [0.25, 0.3) is 5.91 Å². The number of aryl methyl sites for hydroxylation is 1. The molecule has 0 saturated heterocycles. The maximum absolute atomic E-state index is 12.1. The molecule has 2 aromatic carbocycles. The quantitative estimate of drug-likeness (QED) is 0.773. The fraction of sp³-hybridized carbons (Fsp3) is 0.0625. The highest BCUT2D eigenvalue weighted by molar-refractivity contribution is 9.12. The molecule has 0 saturated carbocycles. The van der Waals surface area contributed by atoms with E-state index in [-0.39, 0.29) is 5.91 Å². The van der Waals surface area contributed by atoms with E-state index >= 15 is 0 Å². The minimum Gasteiger partial charge on any atom is -0.321 e. The lowest BCUT2D eigenvalue weighted by Crippen LogP contribution is -2.12. The number of rotatable bonds is 3. The number of carbonyl (C=O) groups is 1. The monoisotopic (exact) mass is 349 g/mol. The van der Waals surface area contributed by atoms with Crippen molar-refractivity contribution in [2.75, 3.05) is 5.32 Å². The molecule has 0 aliphatic rings. The van der Waals surface area contributed by atoms with Crippen molar-refractivity contribution < 1.29 is 4.79 Å². The molecule has 4 heteroatoms. The predicted molar refractivity (Wildman–Crippen MR) is 88.2 cm³/mol. The first-order chi connectivity index (χ1) is 9.56. The van der Waals surface area contributed by atoms with Gasteiger partial charge in [-0.05, 0) is 58.3 Å². The smallest absolute Gasteiger partial charge is 0.262 e. The molecule has 0 aliphatic heterocycles. The van der Waals surface area contributed by atoms with Crippen LogP contribution in [-0.2, 0) is 4.79 Å². The Labute approximate surface area is 131 Å². The minimum absolute atomic E-state index is 0.195. The van der Waals surface area contributed by atoms with Crippen LogP contribution in [0.3, 0.4) is 0 Å². The van der Waals surface area contributed by atoms with Gasteiger partial charge in [0.15, 0.2) is 0 Å². The molecule has 0 aliphatic carbocycles. The molecule has 0 atom stereocenters. The highest BCUT2D eigenvalue weighted by Gasteiger charge is 2.08. The Hall–Kier alpha value is -1.58. The number of nitrogens with one attached hydrogen (secondary N) is 1. The largest absolute Gasteiger partial charge is 0.321 e. The van der Waals surface area contributed by atoms with E-state index in [0.29, 0.717) is 9.51 Å². The lowest BCUT2D eigenvalue weighted by atomic mass is 10.2. The Morgan fingerprint density at radius 1 is 1.20 bits per heavy atom. The van der Waals surface area contributed by atoms with Gasteiger partial charge in [-0.2, -0.15) is 0 Å². The van der Waals surface area contributed by atoms with Crippen LogP contribution in [0.4, 0.5) is 5.69 Å². The van der Waals surface area contributed by atoms with Gasteiger partial charge in [-0.25, -0.2) is 0 Å². The number of anilines is 1. The van der Waals surface area contributed by atoms with Crippen LogP contribution in [0.1, 0.15) is 11.1 Å². The van der Waals surface area contributed by atoms with Crippen LogP contribution >= 0.6 is 27.5 Å². The molecule has 0 aromatic heterocycles. The van der Waals surface area contributed by atoms with Gasteiger partial charge in [-0.3, -0.25) is 4.79 Å². The molecule has 1 amide bonds. The first-order valence-corrected chi connectivity index (χ1v) is 7.23. The summed E-state index contributed by atoms with van der Waals surface area (Å²) in [5.41, 5.74) is 2.63. The standard InChI is InChI=1S/C16H13BrClNO/c1-11-9-13(18)7-8-15(11)19-16(20)14(17)10-12-5-3-2-4-6-12/h2-10H,1H3,(H,19,20). The van der Waals surface area contributed by atoms with Crippen molar-refractivity contribution in [3.8, 4) is 0 Å². The summed E-state index contributed by atoms with van der Waals surface area (Å²) in [6.45, 7) is 1.90. The Morgan fingerprint density at radius 2 is 1.90 bits per heavy atom. The SMILES string of the molecule is Cc1cc(Cl)ccc1NC(=O)C(Br)=Cc1ccccc1. The van der Waals surface area contributed by atoms with Crippen molar-refractivity contribution in [1.29, 1.82) is 0 Å². The third kappa shape index (κ3) is 3.95. The van der Waals surface area contributed by atoms with Crippen LogP contribution in [0.2, 0.25) is 5.02 Å². The molecule has 20 heavy (non-hydrogen) atoms. The zero-order chi connectivity index (χ0) is 14.5. The Bertz CT molecular complexity index is 653. The van der Waals surface area contributed by atoms with Gasteiger partial charge in [0, 0.05) is 10.7 Å². The molecular formula is C16H13BrClNO. The second-order valence-corrected chi connectivity index (χ2v) is 5.61. The van der Waals surface area contributed by atoms with Crippen molar-refractivity contribution >= 4 is 45.2 Å². The molecule has 2 rings (SSSR count). The highest BCUT2D eigenvalue weighted by atomic mass is 79.9. The van der Waals surface area contributed by atoms with Crippen LogP contribution in [0.5, 0.6) is 0 Å². The summed E-state index contributed by atoms with van der Waals surface area (Å²) in [6, 6.07) is 15.0. The third-order valence-electron chi connectivity index (χ3n) is 2.75. The third-order valence-corrected chi connectivity index (χ3v) is 3.57. The van der Waals surface area contributed by atoms with Crippen molar-refractivity contribution in [2.45, 2.75) is 6.92 Å². The van der Waals surface area contributed by atoms with Gasteiger partial charge >= 0.3 is 0 Å². The lowest BCUT2D eigenvalue weighted by Gasteiger charge is -2.08. The van der Waals surface area contributed by atoms with Crippen LogP contribution < -0.4 is 5.32 Å². The van der Waals surface area contributed by atoms with E-state index < -0.39 is 0 Å². The number of hydrogen-bond donors (Lipinski definition) is 1. The van der Waals surface area contributed by atoms with Gasteiger partial charge in [0.1, 0.15) is 0 Å². The van der Waals surface area contributed by atoms with Crippen molar-refractivity contribution in [2.24, 2.45) is 0 Å². The fourth-order valence-corrected chi connectivity index (χ4v) is 2.30. The van der Waals surface area contributed by atoms with E-state index in [1.807, 2.05) is 43.3 Å². The fourth-order valence-electron chi connectivity index (χ4n) is 1.71. The van der Waals surface area contributed by atoms with Gasteiger partial charge in [-0.15, -0.1) is 0 Å². The van der Waals surface area contributed by atoms with Gasteiger partial charge in [0.05, 0.1) is 4.48 Å². The maximum Gasteiger partial charge on any atom is 0.262 e. The number of halogens is 2. The lowest BCUT2D eigenvalue weighted by molar-refractivity contribution is -0.112. The molecule has 0 radical (unpaired) electrons. The van der Waals surface area contributed by atoms with Gasteiger partial charge in [-0.1, -0.05) is 41.9 Å². The normalized spacial score (nSPS) is 11.2. The zero-order valence-electron chi connectivity index (χ0n) is 10.9. The first kappa shape index (κ1) is 14.8. The van der Waals surface area contributed by atoms with E-state index in [1.165, 1.54) is 0 Å². The highest BCUT2D eigenvalue weighted by Crippen LogP contribution is 2.21. The number of benzene rings is 2. The Kier molecular flexibility index (Phi) is 4.99. The molecule has 1 N–H and O–H groups in total. The predicted octanol–water partition coefficient (Wildman–Crippen LogP) is 5.02. The van der Waals surface area contributed by atoms with Crippen molar-refractivity contribution in [3.05, 3.63) is 69.2 Å². The second-order valence-electron chi connectivity index (χ2n) is 4.32. The van der Waals surface area contributed by atoms with Crippen LogP contribution in [0, 0.1) is 6.92 Å². The molecule has 0 unspecified atom stereocenters. The molecule has 2 aromatic rings. The molecule has 0 heterocycles. The van der Waals surface area contributed by atoms with E-state index in [0.717, 1.165) is 16.8 Å². The maximum atomic E-state index is 12.1. The zero-order valence-corrected chi connectivity index (χ0v) is 13.2. The first-order valence-electron chi connectivity index (χ1n) is 6.06. The number of hydrogen-bond acceptors (Lipinski definition) is 1. The second kappa shape index (κ2) is 6.73. The average molecular weight is 351 g/mol. The molecule has 0 spiro atoms. The van der Waals surface area contributed by atoms with Gasteiger partial charge in [0.2, 0.25) is 0 Å². The summed E-state index contributed by atoms with van der Waals surface area (Å²) in [5, 5.41) is 3.50. The van der Waals surface area contributed by atoms with Gasteiger partial charge < -0.3 is 5.32 Å². The summed E-state index contributed by atoms with van der Waals surface area (Å²) in [7, 11) is 0. The van der Waals surface area contributed by atoms with E-state index in [9.17, 15) is 4.79 Å². The summed E-state index contributed by atoms with van der Waals surface area (Å²) < 4.78 is 0.470. The Balaban J connectivity index is 2.14. The molecule has 102 valence electrons. The minimum atomic E-state index is -0.195. The van der Waals surface area contributed by atoms with E-state index in [4.69, 9.17) is 11.6 Å². The Morgan fingerprint density at radius 3 is 2.55 bits per heavy atom. The van der Waals surface area contributed by atoms with Crippen LogP contribution in [0.25, 0.3) is 6.08 Å². The molecule has 0 bridgehead atoms. The van der Waals surface area contributed by atoms with E-state index in [1.54, 1.807) is 18.2 Å². The number of carbonyl (C=O) groups excluding carboxylic acids is 1. The van der Waals surface area contributed by atoms with Crippen LogP contribution in [-0.4, -0.2) is 5.91 Å². The van der Waals surface area contributed by atoms with Crippen molar-refractivity contribution in [3.63, 3.8) is 0 Å². The van der Waals surface area contributed by atoms with Crippen molar-refractivity contribution in [1.82, 2.24) is 0 Å². The van der Waals surface area contributed by atoms with Crippen LogP contribution in [0.15, 0.2) is 53.0 Å². The summed E-state index contributed by atoms with van der Waals surface area (Å²) in [5.74, 6) is -0.195. The molecule has 2 nitrogen and oxygen atoms in total. The topological polar surface area (TPSA) is 29.1 Å². The summed E-state index contributed by atoms with van der Waals surface area (Å²) >= 11 is 9.19. The molecular weight excluding hydrogens is 338 g/mol. The summed E-state index contributed by atoms with van der Waals surface area (Å²) in [4.78, 5) is 12.1. The molecule has 0 fully saturated rings.